The molecule has 2 bridgehead atoms. The van der Waals surface area contributed by atoms with Gasteiger partial charge in [0, 0.05) is 43.2 Å². The number of fused-ring (bicyclic) bond motifs is 2. The number of benzene rings is 1. The number of rotatable bonds is 31. The van der Waals surface area contributed by atoms with Crippen LogP contribution in [0.3, 0.4) is 0 Å². The molecule has 0 radical (unpaired) electrons. The van der Waals surface area contributed by atoms with E-state index in [2.05, 4.69) is 34.9 Å². The first-order chi connectivity index (χ1) is 32.0. The third-order valence-corrected chi connectivity index (χ3v) is 11.9. The van der Waals surface area contributed by atoms with E-state index in [1.54, 1.807) is 30.5 Å². The van der Waals surface area contributed by atoms with Gasteiger partial charge in [-0.3, -0.25) is 9.58 Å². The van der Waals surface area contributed by atoms with Gasteiger partial charge in [-0.2, -0.15) is 5.10 Å². The Balaban J connectivity index is 0.845. The second-order valence-electron chi connectivity index (χ2n) is 16.3. The van der Waals surface area contributed by atoms with Crippen LogP contribution in [0.15, 0.2) is 49.4 Å². The number of hydrogen-bond donors (Lipinski definition) is 1. The van der Waals surface area contributed by atoms with Crippen molar-refractivity contribution in [3.63, 3.8) is 0 Å². The third kappa shape index (κ3) is 15.5. The molecule has 3 aromatic heterocycles. The molecule has 1 N–H and O–H groups in total. The summed E-state index contributed by atoms with van der Waals surface area (Å²) in [4.78, 5) is 16.1. The maximum atomic E-state index is 6.52. The number of hydrogen-bond acceptors (Lipinski definition) is 17. The molecule has 5 heterocycles. The van der Waals surface area contributed by atoms with Crippen LogP contribution in [0.25, 0.3) is 11.1 Å². The van der Waals surface area contributed by atoms with Gasteiger partial charge in [-0.25, -0.2) is 19.6 Å². The molecule has 2 saturated heterocycles. The predicted octanol–water partition coefficient (Wildman–Crippen LogP) is 5.27. The largest absolute Gasteiger partial charge is 0.487 e. The summed E-state index contributed by atoms with van der Waals surface area (Å²) in [6.45, 7) is 11.0. The highest BCUT2D eigenvalue weighted by Gasteiger charge is 2.42. The van der Waals surface area contributed by atoms with Crippen LogP contribution in [0.5, 0.6) is 11.6 Å². The van der Waals surface area contributed by atoms with Crippen molar-refractivity contribution in [2.45, 2.75) is 82.3 Å². The summed E-state index contributed by atoms with van der Waals surface area (Å²) >= 11 is 6.52. The van der Waals surface area contributed by atoms with Crippen molar-refractivity contribution in [1.29, 1.82) is 0 Å². The highest BCUT2D eigenvalue weighted by molar-refractivity contribution is 6.32. The Kier molecular flexibility index (Phi) is 20.3. The molecule has 3 fully saturated rings. The standard InChI is InChI=1S/C45H66ClN9O10/c1-34(28-53-33-47-32-50-53)65-43-25-35(3-10-41(43)46)36-26-48-45(49-27-36)51-42-29-54(37-4-6-38(7-5-37)55-39-8-9-40(55)31-63-30-39)52-44(42)64-24-23-62-22-21-61-20-19-60-18-17-59-16-15-58-14-13-57-12-11-56-2/h3,10,25-27,29,32-34,37-40H,4-9,11-24,28,30-31H2,1-2H3,(H,48,49,51)/t34-,37-,38-,39-,40+/m0/s1. The smallest absolute Gasteiger partial charge is 0.257 e. The Hall–Kier alpha value is -4.02. The van der Waals surface area contributed by atoms with Crippen molar-refractivity contribution in [2.24, 2.45) is 0 Å². The first kappa shape index (κ1) is 48.9. The van der Waals surface area contributed by atoms with Crippen molar-refractivity contribution in [1.82, 2.24) is 39.4 Å². The Bertz CT molecular complexity index is 1910. The number of nitrogens with one attached hydrogen (secondary N) is 1. The summed E-state index contributed by atoms with van der Waals surface area (Å²) in [5.74, 6) is 1.46. The Morgan fingerprint density at radius 3 is 1.88 bits per heavy atom. The van der Waals surface area contributed by atoms with Gasteiger partial charge in [0.1, 0.15) is 36.8 Å². The van der Waals surface area contributed by atoms with Crippen molar-refractivity contribution in [3.8, 4) is 22.8 Å². The molecule has 3 atom stereocenters. The monoisotopic (exact) mass is 927 g/mol. The van der Waals surface area contributed by atoms with E-state index < -0.39 is 0 Å². The average Bonchev–Trinajstić information content (AvgIpc) is 4.05. The molecular weight excluding hydrogens is 862 g/mol. The van der Waals surface area contributed by atoms with Crippen LogP contribution < -0.4 is 14.8 Å². The number of nitrogens with zero attached hydrogens (tertiary/aromatic N) is 8. The molecule has 1 saturated carbocycles. The molecule has 20 heteroatoms. The first-order valence-electron chi connectivity index (χ1n) is 22.9. The Morgan fingerprint density at radius 1 is 0.723 bits per heavy atom. The molecule has 0 spiro atoms. The molecular formula is C45H66ClN9O10. The number of halogens is 1. The lowest BCUT2D eigenvalue weighted by Gasteiger charge is -2.43. The minimum absolute atomic E-state index is 0.186. The third-order valence-electron chi connectivity index (χ3n) is 11.6. The normalized spacial score (nSPS) is 20.3. The quantitative estimate of drug-likeness (QED) is 0.0644. The lowest BCUT2D eigenvalue weighted by atomic mass is 9.89. The van der Waals surface area contributed by atoms with Crippen LogP contribution in [0.2, 0.25) is 5.02 Å². The average molecular weight is 929 g/mol. The van der Waals surface area contributed by atoms with Gasteiger partial charge in [0.25, 0.3) is 5.88 Å². The van der Waals surface area contributed by atoms with E-state index >= 15 is 0 Å². The van der Waals surface area contributed by atoms with Crippen molar-refractivity contribution in [2.75, 3.05) is 118 Å². The molecule has 7 rings (SSSR count). The zero-order chi connectivity index (χ0) is 44.9. The molecule has 3 aliphatic rings. The van der Waals surface area contributed by atoms with Crippen LogP contribution in [0.1, 0.15) is 51.5 Å². The summed E-state index contributed by atoms with van der Waals surface area (Å²) in [6.07, 6.45) is 15.4. The van der Waals surface area contributed by atoms with E-state index in [0.29, 0.717) is 145 Å². The predicted molar refractivity (Wildman–Crippen MR) is 241 cm³/mol. The van der Waals surface area contributed by atoms with Crippen molar-refractivity contribution >= 4 is 23.2 Å². The van der Waals surface area contributed by atoms with E-state index in [-0.39, 0.29) is 12.1 Å². The van der Waals surface area contributed by atoms with E-state index in [0.717, 1.165) is 50.0 Å². The summed E-state index contributed by atoms with van der Waals surface area (Å²) < 4.78 is 60.4. The molecule has 1 aromatic carbocycles. The molecule has 65 heavy (non-hydrogen) atoms. The van der Waals surface area contributed by atoms with Gasteiger partial charge in [-0.05, 0) is 63.1 Å². The fraction of sp³-hybridized carbons (Fsp3) is 0.667. The van der Waals surface area contributed by atoms with Gasteiger partial charge < -0.3 is 52.7 Å². The van der Waals surface area contributed by atoms with Crippen LogP contribution >= 0.6 is 11.6 Å². The number of morpholine rings is 1. The first-order valence-corrected chi connectivity index (χ1v) is 23.3. The SMILES string of the molecule is COCCOCCOCCOCCOCCOCCOCCOc1nn([C@H]2CC[C@H](N3[C@@H]4CC[C@H]3COC4)CC2)cc1Nc1ncc(-c2ccc(Cl)c(O[C@@H](C)Cn3cncn3)c2)cn1. The van der Waals surface area contributed by atoms with Crippen LogP contribution in [-0.4, -0.2) is 176 Å². The van der Waals surface area contributed by atoms with Gasteiger partial charge in [-0.15, -0.1) is 5.10 Å². The molecule has 358 valence electrons. The van der Waals surface area contributed by atoms with E-state index in [1.165, 1.54) is 19.2 Å². The molecule has 19 nitrogen and oxygen atoms in total. The zero-order valence-corrected chi connectivity index (χ0v) is 38.6. The molecule has 4 aromatic rings. The number of methoxy groups -OCH3 is 1. The number of anilines is 2. The topological polar surface area (TPSA) is 182 Å². The molecule has 2 aliphatic heterocycles. The van der Waals surface area contributed by atoms with Gasteiger partial charge in [-0.1, -0.05) is 17.7 Å². The fourth-order valence-electron chi connectivity index (χ4n) is 8.45. The van der Waals surface area contributed by atoms with Crippen LogP contribution in [0, 0.1) is 0 Å². The van der Waals surface area contributed by atoms with E-state index in [4.69, 9.17) is 64.1 Å². The van der Waals surface area contributed by atoms with Crippen molar-refractivity contribution < 1.29 is 47.4 Å². The van der Waals surface area contributed by atoms with E-state index in [1.807, 2.05) is 31.3 Å². The Morgan fingerprint density at radius 2 is 1.29 bits per heavy atom. The second-order valence-corrected chi connectivity index (χ2v) is 16.7. The van der Waals surface area contributed by atoms with Crippen LogP contribution in [0.4, 0.5) is 11.6 Å². The second kappa shape index (κ2) is 27.0. The molecule has 0 unspecified atom stereocenters. The van der Waals surface area contributed by atoms with Gasteiger partial charge in [0.15, 0.2) is 0 Å². The Labute approximate surface area is 386 Å². The van der Waals surface area contributed by atoms with Crippen molar-refractivity contribution in [3.05, 3.63) is 54.5 Å². The maximum Gasteiger partial charge on any atom is 0.257 e. The number of ether oxygens (including phenoxy) is 10. The summed E-state index contributed by atoms with van der Waals surface area (Å²) in [6, 6.07) is 7.62. The van der Waals surface area contributed by atoms with E-state index in [9.17, 15) is 0 Å². The van der Waals surface area contributed by atoms with Gasteiger partial charge in [0.2, 0.25) is 5.95 Å². The fourth-order valence-corrected chi connectivity index (χ4v) is 8.61. The van der Waals surface area contributed by atoms with Crippen LogP contribution in [-0.2, 0) is 44.4 Å². The maximum absolute atomic E-state index is 6.52. The number of aromatic nitrogens is 7. The van der Waals surface area contributed by atoms with Gasteiger partial charge >= 0.3 is 0 Å². The van der Waals surface area contributed by atoms with Gasteiger partial charge in [0.05, 0.1) is 123 Å². The molecule has 1 aliphatic carbocycles. The lowest BCUT2D eigenvalue weighted by Crippen LogP contribution is -2.52. The summed E-state index contributed by atoms with van der Waals surface area (Å²) in [5.41, 5.74) is 2.37. The zero-order valence-electron chi connectivity index (χ0n) is 37.8. The summed E-state index contributed by atoms with van der Waals surface area (Å²) in [5, 5.41) is 13.0. The lowest BCUT2D eigenvalue weighted by molar-refractivity contribution is -0.0458. The highest BCUT2D eigenvalue weighted by Crippen LogP contribution is 2.40. The minimum atomic E-state index is -0.186. The summed E-state index contributed by atoms with van der Waals surface area (Å²) in [7, 11) is 1.65. The minimum Gasteiger partial charge on any atom is -0.487 e. The highest BCUT2D eigenvalue weighted by atomic mass is 35.5. The molecule has 0 amide bonds.